The summed E-state index contributed by atoms with van der Waals surface area (Å²) in [7, 11) is 0. The van der Waals surface area contributed by atoms with Crippen LogP contribution in [0.15, 0.2) is 90.1 Å². The van der Waals surface area contributed by atoms with E-state index in [1.54, 1.807) is 0 Å². The minimum absolute atomic E-state index is 0.00204. The summed E-state index contributed by atoms with van der Waals surface area (Å²) < 4.78 is 84.6. The number of halogens is 6. The van der Waals surface area contributed by atoms with Gasteiger partial charge >= 0.3 is 0 Å². The zero-order chi connectivity index (χ0) is 32.6. The average molecular weight is 605 g/mol. The molecule has 0 spiro atoms. The van der Waals surface area contributed by atoms with Crippen LogP contribution in [0.3, 0.4) is 0 Å². The SMILES string of the molecule is C=C(F)/C=C(\C=C(\F)CF)c1cccc2c1C1=C(C2=C(C#N)C#N)c2c(cccc2-c2cc(F)c(F)c(F)c2)C1=C(C#N)C#N. The van der Waals surface area contributed by atoms with Gasteiger partial charge in [-0.25, -0.2) is 26.3 Å². The molecule has 2 aliphatic rings. The summed E-state index contributed by atoms with van der Waals surface area (Å²) in [5, 5.41) is 40.0. The van der Waals surface area contributed by atoms with Crippen LogP contribution in [0.1, 0.15) is 27.8 Å². The number of benzene rings is 3. The molecule has 0 fully saturated rings. The van der Waals surface area contributed by atoms with Gasteiger partial charge in [0.15, 0.2) is 17.5 Å². The first-order valence-corrected chi connectivity index (χ1v) is 12.9. The van der Waals surface area contributed by atoms with E-state index in [-0.39, 0.29) is 66.8 Å². The van der Waals surface area contributed by atoms with Crippen LogP contribution in [0.2, 0.25) is 0 Å². The van der Waals surface area contributed by atoms with Gasteiger partial charge in [-0.05, 0) is 68.8 Å². The lowest BCUT2D eigenvalue weighted by atomic mass is 9.84. The standard InChI is InChI=1S/C35H14F6N4/c1-17(37)8-18(9-22(38)12-36)23-4-2-6-25-29(20(13-42)14-43)34-32-24(19-10-27(39)35(41)28(40)11-19)5-3-7-26(32)30(21(15-44)16-45)33(34)31(23)25/h2-11H,1,12H2/b18-8+,22-9+. The second kappa shape index (κ2) is 11.7. The fourth-order valence-corrected chi connectivity index (χ4v) is 5.64. The van der Waals surface area contributed by atoms with Crippen molar-refractivity contribution in [1.82, 2.24) is 0 Å². The molecule has 45 heavy (non-hydrogen) atoms. The Labute approximate surface area is 252 Å². The molecular formula is C35H14F6N4. The maximum atomic E-state index is 14.4. The van der Waals surface area contributed by atoms with Gasteiger partial charge in [0.2, 0.25) is 0 Å². The minimum atomic E-state index is -1.71. The highest BCUT2D eigenvalue weighted by atomic mass is 19.2. The van der Waals surface area contributed by atoms with Gasteiger partial charge in [0, 0.05) is 22.3 Å². The summed E-state index contributed by atoms with van der Waals surface area (Å²) in [6.07, 6.45) is 1.56. The van der Waals surface area contributed by atoms with Gasteiger partial charge in [0.25, 0.3) is 0 Å². The summed E-state index contributed by atoms with van der Waals surface area (Å²) in [4.78, 5) is 0. The number of nitrogens with zero attached hydrogens (tertiary/aromatic N) is 4. The lowest BCUT2D eigenvalue weighted by molar-refractivity contribution is 0.447. The third-order valence-electron chi connectivity index (χ3n) is 7.22. The van der Waals surface area contributed by atoms with Crippen LogP contribution in [0.25, 0.3) is 39.0 Å². The molecule has 0 unspecified atom stereocenters. The molecule has 216 valence electrons. The molecule has 5 rings (SSSR count). The van der Waals surface area contributed by atoms with Crippen LogP contribution in [0.4, 0.5) is 26.3 Å². The number of hydrogen-bond donors (Lipinski definition) is 0. The molecule has 4 nitrogen and oxygen atoms in total. The first-order valence-electron chi connectivity index (χ1n) is 12.9. The maximum absolute atomic E-state index is 14.4. The summed E-state index contributed by atoms with van der Waals surface area (Å²) in [6, 6.07) is 17.5. The van der Waals surface area contributed by atoms with Crippen molar-refractivity contribution in [1.29, 1.82) is 21.0 Å². The molecule has 0 saturated heterocycles. The Balaban J connectivity index is 2.04. The van der Waals surface area contributed by atoms with Gasteiger partial charge in [0.1, 0.15) is 53.8 Å². The molecule has 0 saturated carbocycles. The van der Waals surface area contributed by atoms with Gasteiger partial charge in [-0.15, -0.1) is 0 Å². The van der Waals surface area contributed by atoms with E-state index in [9.17, 15) is 47.4 Å². The van der Waals surface area contributed by atoms with Crippen LogP contribution in [-0.2, 0) is 0 Å². The third-order valence-corrected chi connectivity index (χ3v) is 7.22. The molecule has 10 heteroatoms. The van der Waals surface area contributed by atoms with E-state index in [1.165, 1.54) is 36.4 Å². The van der Waals surface area contributed by atoms with E-state index in [0.29, 0.717) is 0 Å². The molecule has 2 aliphatic carbocycles. The Morgan fingerprint density at radius 3 is 1.71 bits per heavy atom. The lowest BCUT2D eigenvalue weighted by Crippen LogP contribution is -2.00. The van der Waals surface area contributed by atoms with E-state index >= 15 is 0 Å². The number of fused-ring (bicyclic) bond motifs is 4. The van der Waals surface area contributed by atoms with Gasteiger partial charge in [-0.3, -0.25) is 0 Å². The molecule has 0 amide bonds. The van der Waals surface area contributed by atoms with Crippen molar-refractivity contribution < 1.29 is 26.3 Å². The maximum Gasteiger partial charge on any atom is 0.194 e. The van der Waals surface area contributed by atoms with Gasteiger partial charge < -0.3 is 0 Å². The molecular weight excluding hydrogens is 590 g/mol. The molecule has 0 aliphatic heterocycles. The normalized spacial score (nSPS) is 13.3. The van der Waals surface area contributed by atoms with Crippen molar-refractivity contribution in [3.63, 3.8) is 0 Å². The van der Waals surface area contributed by atoms with Crippen LogP contribution >= 0.6 is 0 Å². The van der Waals surface area contributed by atoms with Crippen LogP contribution in [-0.4, -0.2) is 6.67 Å². The zero-order valence-corrected chi connectivity index (χ0v) is 22.7. The van der Waals surface area contributed by atoms with Gasteiger partial charge in [-0.2, -0.15) is 21.0 Å². The lowest BCUT2D eigenvalue weighted by Gasteiger charge is -2.18. The van der Waals surface area contributed by atoms with Crippen molar-refractivity contribution in [3.05, 3.63) is 135 Å². The van der Waals surface area contributed by atoms with E-state index in [1.807, 2.05) is 24.3 Å². The topological polar surface area (TPSA) is 95.2 Å². The smallest absolute Gasteiger partial charge is 0.194 e. The quantitative estimate of drug-likeness (QED) is 0.126. The number of allylic oxidation sites excluding steroid dienone is 11. The summed E-state index contributed by atoms with van der Waals surface area (Å²) >= 11 is 0. The molecule has 0 bridgehead atoms. The fourth-order valence-electron chi connectivity index (χ4n) is 5.64. The highest BCUT2D eigenvalue weighted by Crippen LogP contribution is 2.62. The summed E-state index contributed by atoms with van der Waals surface area (Å²) in [5.41, 5.74) is -0.156. The van der Waals surface area contributed by atoms with Crippen LogP contribution in [0, 0.1) is 62.8 Å². The fraction of sp³-hybridized carbons (Fsp3) is 0.0286. The zero-order valence-electron chi connectivity index (χ0n) is 22.7. The predicted octanol–water partition coefficient (Wildman–Crippen LogP) is 9.00. The summed E-state index contributed by atoms with van der Waals surface area (Å²) in [5.74, 6) is -6.98. The number of nitriles is 4. The van der Waals surface area contributed by atoms with Gasteiger partial charge in [0.05, 0.1) is 0 Å². The molecule has 0 radical (unpaired) electrons. The average Bonchev–Trinajstić information content (AvgIpc) is 3.53. The number of hydrogen-bond acceptors (Lipinski definition) is 4. The predicted molar refractivity (Wildman–Crippen MR) is 155 cm³/mol. The molecule has 3 aromatic rings. The van der Waals surface area contributed by atoms with E-state index < -0.39 is 46.9 Å². The molecule has 3 aromatic carbocycles. The van der Waals surface area contributed by atoms with E-state index in [2.05, 4.69) is 6.58 Å². The second-order valence-electron chi connectivity index (χ2n) is 9.68. The Hall–Kier alpha value is -6.36. The van der Waals surface area contributed by atoms with Crippen molar-refractivity contribution in [2.24, 2.45) is 0 Å². The number of alkyl halides is 1. The molecule has 0 N–H and O–H groups in total. The van der Waals surface area contributed by atoms with E-state index in [0.717, 1.165) is 24.3 Å². The summed E-state index contributed by atoms with van der Waals surface area (Å²) in [6.45, 7) is 1.65. The molecule has 0 heterocycles. The Morgan fingerprint density at radius 2 is 1.20 bits per heavy atom. The van der Waals surface area contributed by atoms with E-state index in [4.69, 9.17) is 0 Å². The largest absolute Gasteiger partial charge is 0.243 e. The van der Waals surface area contributed by atoms with Crippen molar-refractivity contribution >= 4 is 27.9 Å². The molecule has 0 aromatic heterocycles. The monoisotopic (exact) mass is 604 g/mol. The number of rotatable bonds is 5. The highest BCUT2D eigenvalue weighted by Gasteiger charge is 2.42. The minimum Gasteiger partial charge on any atom is -0.243 e. The van der Waals surface area contributed by atoms with Crippen molar-refractivity contribution in [2.75, 3.05) is 6.67 Å². The van der Waals surface area contributed by atoms with Crippen molar-refractivity contribution in [3.8, 4) is 35.4 Å². The molecule has 0 atom stereocenters. The second-order valence-corrected chi connectivity index (χ2v) is 9.68. The Morgan fingerprint density at radius 1 is 0.711 bits per heavy atom. The van der Waals surface area contributed by atoms with Crippen molar-refractivity contribution in [2.45, 2.75) is 0 Å². The third kappa shape index (κ3) is 4.82. The van der Waals surface area contributed by atoms with Crippen LogP contribution in [0.5, 0.6) is 0 Å². The highest BCUT2D eigenvalue weighted by molar-refractivity contribution is 6.39. The van der Waals surface area contributed by atoms with Gasteiger partial charge in [-0.1, -0.05) is 43.0 Å². The van der Waals surface area contributed by atoms with Crippen LogP contribution < -0.4 is 0 Å². The Kier molecular flexibility index (Phi) is 7.85. The first kappa shape index (κ1) is 30.1. The Bertz CT molecular complexity index is 2150. The first-order chi connectivity index (χ1) is 21.6.